The largest absolute Gasteiger partial charge is 0.366 e. The van der Waals surface area contributed by atoms with Crippen molar-refractivity contribution in [1.29, 1.82) is 0 Å². The topological polar surface area (TPSA) is 72.4 Å². The van der Waals surface area contributed by atoms with E-state index >= 15 is 0 Å². The third kappa shape index (κ3) is 2.92. The number of ether oxygens (including phenoxy) is 1. The van der Waals surface area contributed by atoms with Crippen LogP contribution in [-0.4, -0.2) is 36.3 Å². The van der Waals surface area contributed by atoms with Crippen molar-refractivity contribution < 1.29 is 9.53 Å². The summed E-state index contributed by atoms with van der Waals surface area (Å²) < 4.78 is 6.74. The molecule has 6 nitrogen and oxygen atoms in total. The molecule has 0 saturated carbocycles. The van der Waals surface area contributed by atoms with Gasteiger partial charge in [0.15, 0.2) is 0 Å². The van der Waals surface area contributed by atoms with E-state index in [-0.39, 0.29) is 11.5 Å². The fraction of sp³-hybridized carbons (Fsp3) is 0.455. The lowest BCUT2D eigenvalue weighted by molar-refractivity contribution is -0.128. The molecular weight excluding hydrogens is 222 g/mol. The number of carbonyl (C=O) groups is 1. The predicted molar refractivity (Wildman–Crippen MR) is 62.9 cm³/mol. The number of carbonyl (C=O) groups excluding carboxylic acids is 1. The molecule has 92 valence electrons. The molecular formula is C11H15N3O3. The van der Waals surface area contributed by atoms with E-state index in [4.69, 9.17) is 4.74 Å². The molecule has 2 N–H and O–H groups in total. The fourth-order valence-corrected chi connectivity index (χ4v) is 1.62. The molecule has 0 spiro atoms. The number of aromatic nitrogens is 1. The van der Waals surface area contributed by atoms with Crippen molar-refractivity contribution in [3.63, 3.8) is 0 Å². The van der Waals surface area contributed by atoms with Crippen LogP contribution in [0.3, 0.4) is 0 Å². The Labute approximate surface area is 98.6 Å². The average molecular weight is 237 g/mol. The Balaban J connectivity index is 2.02. The molecule has 17 heavy (non-hydrogen) atoms. The van der Waals surface area contributed by atoms with Crippen molar-refractivity contribution in [2.24, 2.45) is 7.05 Å². The molecule has 0 radical (unpaired) electrons. The van der Waals surface area contributed by atoms with Crippen LogP contribution < -0.4 is 16.2 Å². The zero-order chi connectivity index (χ0) is 12.3. The van der Waals surface area contributed by atoms with Gasteiger partial charge in [-0.2, -0.15) is 0 Å². The molecule has 2 rings (SSSR count). The standard InChI is InChI=1S/C11H15N3O3/c1-14-7-8(2-3-10(14)15)13-11(16)9-6-12-4-5-17-9/h2-3,7,9,12H,4-6H2,1H3,(H,13,16). The quantitative estimate of drug-likeness (QED) is 0.714. The molecule has 1 unspecified atom stereocenters. The number of rotatable bonds is 2. The Morgan fingerprint density at radius 1 is 1.59 bits per heavy atom. The van der Waals surface area contributed by atoms with Crippen LogP contribution in [0.25, 0.3) is 0 Å². The van der Waals surface area contributed by atoms with Crippen molar-refractivity contribution in [1.82, 2.24) is 9.88 Å². The van der Waals surface area contributed by atoms with E-state index in [1.807, 2.05) is 0 Å². The number of amides is 1. The van der Waals surface area contributed by atoms with Gasteiger partial charge in [0, 0.05) is 32.4 Å². The van der Waals surface area contributed by atoms with Gasteiger partial charge >= 0.3 is 0 Å². The van der Waals surface area contributed by atoms with Crippen LogP contribution in [0.5, 0.6) is 0 Å². The summed E-state index contributed by atoms with van der Waals surface area (Å²) in [5.74, 6) is -0.198. The molecule has 1 aromatic rings. The molecule has 1 aromatic heterocycles. The predicted octanol–water partition coefficient (Wildman–Crippen LogP) is -0.688. The second-order valence-electron chi connectivity index (χ2n) is 3.92. The van der Waals surface area contributed by atoms with Crippen molar-refractivity contribution in [3.05, 3.63) is 28.7 Å². The number of aryl methyl sites for hydroxylation is 1. The van der Waals surface area contributed by atoms with Gasteiger partial charge in [-0.15, -0.1) is 0 Å². The normalized spacial score (nSPS) is 19.9. The molecule has 1 atom stereocenters. The molecule has 1 saturated heterocycles. The van der Waals surface area contributed by atoms with Crippen LogP contribution in [0.15, 0.2) is 23.1 Å². The maximum Gasteiger partial charge on any atom is 0.254 e. The van der Waals surface area contributed by atoms with E-state index in [0.717, 1.165) is 6.54 Å². The summed E-state index contributed by atoms with van der Waals surface area (Å²) in [4.78, 5) is 23.0. The summed E-state index contributed by atoms with van der Waals surface area (Å²) in [5, 5.41) is 5.80. The monoisotopic (exact) mass is 237 g/mol. The molecule has 2 heterocycles. The lowest BCUT2D eigenvalue weighted by atomic mass is 10.3. The van der Waals surface area contributed by atoms with Crippen molar-refractivity contribution >= 4 is 11.6 Å². The maximum atomic E-state index is 11.8. The SMILES string of the molecule is Cn1cc(NC(=O)C2CNCCO2)ccc1=O. The molecule has 0 bridgehead atoms. The van der Waals surface area contributed by atoms with Crippen LogP contribution >= 0.6 is 0 Å². The van der Waals surface area contributed by atoms with E-state index in [2.05, 4.69) is 10.6 Å². The lowest BCUT2D eigenvalue weighted by Crippen LogP contribution is -2.45. The summed E-state index contributed by atoms with van der Waals surface area (Å²) in [6.45, 7) is 1.81. The summed E-state index contributed by atoms with van der Waals surface area (Å²) in [7, 11) is 1.64. The van der Waals surface area contributed by atoms with Gasteiger partial charge in [0.2, 0.25) is 5.56 Å². The Bertz CT molecular complexity index is 463. The van der Waals surface area contributed by atoms with Gasteiger partial charge in [0.25, 0.3) is 5.91 Å². The van der Waals surface area contributed by atoms with Crippen LogP contribution in [0.2, 0.25) is 0 Å². The molecule has 6 heteroatoms. The summed E-state index contributed by atoms with van der Waals surface area (Å²) in [6, 6.07) is 2.99. The highest BCUT2D eigenvalue weighted by Crippen LogP contribution is 2.05. The molecule has 1 fully saturated rings. The lowest BCUT2D eigenvalue weighted by Gasteiger charge is -2.22. The number of hydrogen-bond acceptors (Lipinski definition) is 4. The molecule has 1 aliphatic heterocycles. The Hall–Kier alpha value is -1.66. The molecule has 0 aromatic carbocycles. The number of nitrogens with zero attached hydrogens (tertiary/aromatic N) is 1. The zero-order valence-electron chi connectivity index (χ0n) is 9.60. The van der Waals surface area contributed by atoms with E-state index in [1.165, 1.54) is 10.6 Å². The van der Waals surface area contributed by atoms with Gasteiger partial charge in [-0.25, -0.2) is 0 Å². The summed E-state index contributed by atoms with van der Waals surface area (Å²) in [6.07, 6.45) is 1.11. The third-order valence-corrected chi connectivity index (χ3v) is 2.57. The first-order chi connectivity index (χ1) is 8.16. The van der Waals surface area contributed by atoms with Crippen LogP contribution in [0.1, 0.15) is 0 Å². The number of anilines is 1. The fourth-order valence-electron chi connectivity index (χ4n) is 1.62. The Morgan fingerprint density at radius 2 is 2.41 bits per heavy atom. The summed E-state index contributed by atoms with van der Waals surface area (Å²) in [5.41, 5.74) is 0.477. The Morgan fingerprint density at radius 3 is 3.06 bits per heavy atom. The first-order valence-corrected chi connectivity index (χ1v) is 5.47. The highest BCUT2D eigenvalue weighted by molar-refractivity contribution is 5.94. The van der Waals surface area contributed by atoms with Crippen LogP contribution in [0.4, 0.5) is 5.69 Å². The molecule has 1 amide bonds. The van der Waals surface area contributed by atoms with E-state index in [9.17, 15) is 9.59 Å². The summed E-state index contributed by atoms with van der Waals surface area (Å²) >= 11 is 0. The van der Waals surface area contributed by atoms with Gasteiger partial charge < -0.3 is 19.9 Å². The van der Waals surface area contributed by atoms with E-state index in [1.54, 1.807) is 19.3 Å². The third-order valence-electron chi connectivity index (χ3n) is 2.57. The minimum atomic E-state index is -0.471. The minimum Gasteiger partial charge on any atom is -0.366 e. The van der Waals surface area contributed by atoms with Gasteiger partial charge in [0.1, 0.15) is 6.10 Å². The van der Waals surface area contributed by atoms with E-state index < -0.39 is 6.10 Å². The molecule has 1 aliphatic rings. The van der Waals surface area contributed by atoms with Crippen molar-refractivity contribution in [2.45, 2.75) is 6.10 Å². The minimum absolute atomic E-state index is 0.112. The van der Waals surface area contributed by atoms with Gasteiger partial charge in [0.05, 0.1) is 12.3 Å². The van der Waals surface area contributed by atoms with Crippen molar-refractivity contribution in [2.75, 3.05) is 25.0 Å². The zero-order valence-corrected chi connectivity index (χ0v) is 9.60. The van der Waals surface area contributed by atoms with Crippen molar-refractivity contribution in [3.8, 4) is 0 Å². The number of pyridine rings is 1. The highest BCUT2D eigenvalue weighted by atomic mass is 16.5. The maximum absolute atomic E-state index is 11.8. The van der Waals surface area contributed by atoms with E-state index in [0.29, 0.717) is 18.8 Å². The first-order valence-electron chi connectivity index (χ1n) is 5.47. The molecule has 0 aliphatic carbocycles. The first kappa shape index (κ1) is 11.8. The second-order valence-corrected chi connectivity index (χ2v) is 3.92. The van der Waals surface area contributed by atoms with Gasteiger partial charge in [-0.3, -0.25) is 9.59 Å². The number of morpholine rings is 1. The number of nitrogens with one attached hydrogen (secondary N) is 2. The highest BCUT2D eigenvalue weighted by Gasteiger charge is 2.21. The van der Waals surface area contributed by atoms with Gasteiger partial charge in [-0.05, 0) is 6.07 Å². The van der Waals surface area contributed by atoms with Gasteiger partial charge in [-0.1, -0.05) is 0 Å². The smallest absolute Gasteiger partial charge is 0.254 e. The average Bonchev–Trinajstić information content (AvgIpc) is 2.35. The van der Waals surface area contributed by atoms with Crippen LogP contribution in [-0.2, 0) is 16.6 Å². The Kier molecular flexibility index (Phi) is 3.55. The van der Waals surface area contributed by atoms with Crippen LogP contribution in [0, 0.1) is 0 Å². The second kappa shape index (κ2) is 5.11. The number of hydrogen-bond donors (Lipinski definition) is 2.